The number of halogens is 1. The van der Waals surface area contributed by atoms with Gasteiger partial charge in [-0.25, -0.2) is 13.1 Å². The molecule has 1 aliphatic rings. The molecule has 7 aromatic carbocycles. The third-order valence-electron chi connectivity index (χ3n) is 13.7. The van der Waals surface area contributed by atoms with E-state index in [1.807, 2.05) is 115 Å². The molecule has 0 amide bonds. The molecule has 0 aliphatic carbocycles. The van der Waals surface area contributed by atoms with Crippen molar-refractivity contribution in [3.63, 3.8) is 0 Å². The minimum Gasteiger partial charge on any atom is -0.461 e. The summed E-state index contributed by atoms with van der Waals surface area (Å²) in [5.41, 5.74) is 2.07. The maximum Gasteiger partial charge on any atom is 0.302 e. The molecule has 0 spiro atoms. The average molecular weight is 1070 g/mol. The lowest BCUT2D eigenvalue weighted by molar-refractivity contribution is -0.387. The van der Waals surface area contributed by atoms with Gasteiger partial charge in [-0.05, 0) is 55.9 Å². The lowest BCUT2D eigenvalue weighted by atomic mass is 9.74. The Hall–Kier alpha value is -6.10. The van der Waals surface area contributed by atoms with Gasteiger partial charge in [0.05, 0.1) is 11.5 Å². The molecule has 1 saturated heterocycles. The molecule has 8 rings (SSSR count). The van der Waals surface area contributed by atoms with E-state index in [1.165, 1.54) is 31.2 Å². The minimum atomic E-state index is -4.41. The first-order valence-corrected chi connectivity index (χ1v) is 28.3. The third kappa shape index (κ3) is 11.1. The van der Waals surface area contributed by atoms with Crippen LogP contribution in [0.1, 0.15) is 62.3 Å². The van der Waals surface area contributed by atoms with Crippen molar-refractivity contribution >= 4 is 56.3 Å². The van der Waals surface area contributed by atoms with Crippen LogP contribution < -0.4 is 15.1 Å². The standard InChI is InChI=1S/C58H60BrN3O8SSi/c1-43(63)70-49(38-39-69-72(57(2,3)4,50-28-16-8-17-29-50)51-30-18-9-19-31-51)41-61-53(40-60-71(66,67)55-33-21-20-32-52(55)62(64)65)56(44-34-36-48(59)37-35-44)54(61)42-68-58(45-22-10-5-11-23-45,46-24-12-6-13-25-46)47-26-14-7-15-27-47/h5-37,49,53-54,56,60H,38-42H2,1-4H3/t49-,53-,54+,56+/m0/s1. The number of hydrogen-bond donors (Lipinski definition) is 1. The molecule has 1 N–H and O–H groups in total. The lowest BCUT2D eigenvalue weighted by Crippen LogP contribution is -2.69. The topological polar surface area (TPSA) is 137 Å². The van der Waals surface area contributed by atoms with Gasteiger partial charge in [0.2, 0.25) is 10.0 Å². The number of ether oxygens (including phenoxy) is 2. The van der Waals surface area contributed by atoms with Crippen LogP contribution in [0.15, 0.2) is 210 Å². The molecule has 0 radical (unpaired) electrons. The first-order chi connectivity index (χ1) is 34.7. The van der Waals surface area contributed by atoms with Crippen LogP contribution in [0.3, 0.4) is 0 Å². The van der Waals surface area contributed by atoms with E-state index in [-0.39, 0.29) is 37.3 Å². The van der Waals surface area contributed by atoms with E-state index in [1.54, 1.807) is 0 Å². The molecule has 11 nitrogen and oxygen atoms in total. The summed E-state index contributed by atoms with van der Waals surface area (Å²) in [4.78, 5) is 26.3. The van der Waals surface area contributed by atoms with Gasteiger partial charge in [0.15, 0.2) is 4.90 Å². The molecule has 72 heavy (non-hydrogen) atoms. The van der Waals surface area contributed by atoms with Crippen LogP contribution in [0.25, 0.3) is 0 Å². The van der Waals surface area contributed by atoms with Crippen LogP contribution in [0.2, 0.25) is 5.04 Å². The lowest BCUT2D eigenvalue weighted by Gasteiger charge is -2.57. The average Bonchev–Trinajstić information content (AvgIpc) is 3.38. The van der Waals surface area contributed by atoms with Crippen LogP contribution in [0, 0.1) is 10.1 Å². The number of likely N-dealkylation sites (tertiary alicyclic amines) is 1. The van der Waals surface area contributed by atoms with Crippen LogP contribution in [0.5, 0.6) is 0 Å². The molecule has 14 heteroatoms. The number of nitro benzene ring substituents is 1. The second-order valence-corrected chi connectivity index (χ2v) is 26.1. The SMILES string of the molecule is CC(=O)O[C@@H](CCO[Si](c1ccccc1)(c1ccccc1)C(C)(C)C)CN1[C@H](COC(c2ccccc2)(c2ccccc2)c2ccccc2)[C@H](c2ccc(Br)cc2)[C@@H]1CNS(=O)(=O)c1ccccc1[N+](=O)[O-]. The highest BCUT2D eigenvalue weighted by molar-refractivity contribution is 9.10. The minimum absolute atomic E-state index is 0.127. The molecular weight excluding hydrogens is 1010 g/mol. The zero-order valence-electron chi connectivity index (χ0n) is 40.8. The molecule has 1 aliphatic heterocycles. The highest BCUT2D eigenvalue weighted by atomic mass is 79.9. The normalized spacial score (nSPS) is 16.9. The third-order valence-corrected chi connectivity index (χ3v) is 20.7. The van der Waals surface area contributed by atoms with E-state index in [9.17, 15) is 23.3 Å². The number of benzene rings is 7. The number of sulfonamides is 1. The van der Waals surface area contributed by atoms with Gasteiger partial charge in [-0.1, -0.05) is 213 Å². The van der Waals surface area contributed by atoms with Gasteiger partial charge in [0, 0.05) is 61.6 Å². The molecule has 0 bridgehead atoms. The number of rotatable bonds is 21. The number of para-hydroxylation sites is 1. The van der Waals surface area contributed by atoms with Crippen LogP contribution in [-0.2, 0) is 34.3 Å². The summed E-state index contributed by atoms with van der Waals surface area (Å²) in [5.74, 6) is -0.800. The maximum atomic E-state index is 14.2. The Balaban J connectivity index is 1.21. The fourth-order valence-corrected chi connectivity index (χ4v) is 16.6. The first-order valence-electron chi connectivity index (χ1n) is 24.1. The highest BCUT2D eigenvalue weighted by Crippen LogP contribution is 2.46. The Bertz CT molecular complexity index is 2870. The van der Waals surface area contributed by atoms with Crippen molar-refractivity contribution in [2.75, 3.05) is 26.3 Å². The Morgan fingerprint density at radius 2 is 1.18 bits per heavy atom. The predicted molar refractivity (Wildman–Crippen MR) is 288 cm³/mol. The molecular formula is C58H60BrN3O8SSi. The number of nitrogens with one attached hydrogen (secondary N) is 1. The molecule has 372 valence electrons. The van der Waals surface area contributed by atoms with E-state index < -0.39 is 63.6 Å². The van der Waals surface area contributed by atoms with E-state index in [0.717, 1.165) is 37.1 Å². The number of esters is 1. The van der Waals surface area contributed by atoms with Gasteiger partial charge in [-0.2, -0.15) is 0 Å². The molecule has 0 aromatic heterocycles. The van der Waals surface area contributed by atoms with Crippen LogP contribution in [-0.4, -0.2) is 77.0 Å². The highest BCUT2D eigenvalue weighted by Gasteiger charge is 2.53. The number of hydrogen-bond acceptors (Lipinski definition) is 9. The molecule has 7 aromatic rings. The van der Waals surface area contributed by atoms with Gasteiger partial charge in [-0.15, -0.1) is 0 Å². The second-order valence-electron chi connectivity index (χ2n) is 19.1. The summed E-state index contributed by atoms with van der Waals surface area (Å²) in [6, 6.07) is 63.3. The summed E-state index contributed by atoms with van der Waals surface area (Å²) in [6.45, 7) is 8.51. The Morgan fingerprint density at radius 3 is 1.65 bits per heavy atom. The predicted octanol–water partition coefficient (Wildman–Crippen LogP) is 10.4. The van der Waals surface area contributed by atoms with E-state index >= 15 is 0 Å². The zero-order valence-corrected chi connectivity index (χ0v) is 44.2. The summed E-state index contributed by atoms with van der Waals surface area (Å²) in [5, 5.41) is 14.0. The van der Waals surface area contributed by atoms with Gasteiger partial charge in [0.25, 0.3) is 14.0 Å². The number of nitrogens with zero attached hydrogens (tertiary/aromatic N) is 2. The fourth-order valence-electron chi connectivity index (χ4n) is 10.5. The second kappa shape index (κ2) is 22.8. The smallest absolute Gasteiger partial charge is 0.302 e. The summed E-state index contributed by atoms with van der Waals surface area (Å²) in [6.07, 6.45) is -0.376. The summed E-state index contributed by atoms with van der Waals surface area (Å²) < 4.78 is 53.1. The number of carbonyl (C=O) groups is 1. The van der Waals surface area contributed by atoms with E-state index in [0.29, 0.717) is 6.42 Å². The number of nitro groups is 1. The van der Waals surface area contributed by atoms with Crippen molar-refractivity contribution in [3.05, 3.63) is 237 Å². The van der Waals surface area contributed by atoms with Crippen LogP contribution in [0.4, 0.5) is 5.69 Å². The molecule has 0 unspecified atom stereocenters. The maximum absolute atomic E-state index is 14.2. The summed E-state index contributed by atoms with van der Waals surface area (Å²) in [7, 11) is -7.40. The van der Waals surface area contributed by atoms with Gasteiger partial charge in [-0.3, -0.25) is 19.8 Å². The molecule has 1 heterocycles. The Kier molecular flexibility index (Phi) is 16.5. The molecule has 1 fully saturated rings. The van der Waals surface area contributed by atoms with Gasteiger partial charge in [0.1, 0.15) is 11.7 Å². The van der Waals surface area contributed by atoms with E-state index in [2.05, 4.69) is 107 Å². The van der Waals surface area contributed by atoms with Crippen molar-refractivity contribution < 1.29 is 32.0 Å². The summed E-state index contributed by atoms with van der Waals surface area (Å²) >= 11 is 3.61. The molecule has 4 atom stereocenters. The quantitative estimate of drug-likeness (QED) is 0.0245. The monoisotopic (exact) mass is 1070 g/mol. The first kappa shape index (κ1) is 52.2. The van der Waals surface area contributed by atoms with Gasteiger partial charge < -0.3 is 13.9 Å². The van der Waals surface area contributed by atoms with Gasteiger partial charge >= 0.3 is 5.97 Å². The molecule has 0 saturated carbocycles. The Labute approximate surface area is 432 Å². The van der Waals surface area contributed by atoms with Crippen molar-refractivity contribution in [2.45, 2.75) is 73.8 Å². The van der Waals surface area contributed by atoms with Crippen molar-refractivity contribution in [1.82, 2.24) is 9.62 Å². The zero-order chi connectivity index (χ0) is 50.9. The largest absolute Gasteiger partial charge is 0.461 e. The van der Waals surface area contributed by atoms with Crippen molar-refractivity contribution in [2.24, 2.45) is 0 Å². The fraction of sp³-hybridized carbons (Fsp3) is 0.259. The number of carbonyl (C=O) groups excluding carboxylic acids is 1. The van der Waals surface area contributed by atoms with Crippen LogP contribution >= 0.6 is 15.9 Å². The Morgan fingerprint density at radius 1 is 0.708 bits per heavy atom. The van der Waals surface area contributed by atoms with Crippen molar-refractivity contribution in [1.29, 1.82) is 0 Å². The van der Waals surface area contributed by atoms with E-state index in [4.69, 9.17) is 13.9 Å². The van der Waals surface area contributed by atoms with Crippen molar-refractivity contribution in [3.8, 4) is 0 Å².